The Morgan fingerprint density at radius 2 is 2.40 bits per heavy atom. The van der Waals surface area contributed by atoms with Crippen molar-refractivity contribution in [2.75, 3.05) is 26.2 Å². The normalized spacial score (nSPS) is 20.4. The van der Waals surface area contributed by atoms with Crippen molar-refractivity contribution in [3.8, 4) is 0 Å². The molecule has 1 aliphatic heterocycles. The van der Waals surface area contributed by atoms with Crippen molar-refractivity contribution in [3.63, 3.8) is 0 Å². The summed E-state index contributed by atoms with van der Waals surface area (Å²) in [5.74, 6) is 1.27. The minimum atomic E-state index is -0.0991. The molecule has 0 aliphatic carbocycles. The van der Waals surface area contributed by atoms with Crippen molar-refractivity contribution < 1.29 is 9.15 Å². The molecule has 108 valence electrons. The van der Waals surface area contributed by atoms with Crippen molar-refractivity contribution in [2.45, 2.75) is 25.9 Å². The highest BCUT2D eigenvalue weighted by Gasteiger charge is 2.26. The summed E-state index contributed by atoms with van der Waals surface area (Å²) in [4.78, 5) is 3.70. The third-order valence-electron chi connectivity index (χ3n) is 3.38. The number of morpholine rings is 1. The molecule has 2 aromatic rings. The molecule has 0 bridgehead atoms. The lowest BCUT2D eigenvalue weighted by Crippen LogP contribution is -2.39. The predicted molar refractivity (Wildman–Crippen MR) is 74.6 cm³/mol. The van der Waals surface area contributed by atoms with Gasteiger partial charge in [-0.3, -0.25) is 4.90 Å². The maximum absolute atomic E-state index is 5.74. The SMILES string of the molecule is CCc1nnc(C2CN(CCc3ccns3)CCO2)o1. The first-order valence-electron chi connectivity index (χ1n) is 6.91. The maximum atomic E-state index is 5.74. The van der Waals surface area contributed by atoms with Crippen molar-refractivity contribution in [1.82, 2.24) is 19.5 Å². The molecule has 20 heavy (non-hydrogen) atoms. The topological polar surface area (TPSA) is 64.3 Å². The molecule has 0 radical (unpaired) electrons. The average molecular weight is 294 g/mol. The molecule has 6 nitrogen and oxygen atoms in total. The molecule has 1 saturated heterocycles. The van der Waals surface area contributed by atoms with Gasteiger partial charge < -0.3 is 9.15 Å². The summed E-state index contributed by atoms with van der Waals surface area (Å²) in [6.07, 6.45) is 3.54. The van der Waals surface area contributed by atoms with Crippen molar-refractivity contribution in [2.24, 2.45) is 0 Å². The van der Waals surface area contributed by atoms with Crippen molar-refractivity contribution in [3.05, 3.63) is 28.9 Å². The summed E-state index contributed by atoms with van der Waals surface area (Å²) in [6, 6.07) is 2.08. The minimum Gasteiger partial charge on any atom is -0.422 e. The number of aromatic nitrogens is 3. The Kier molecular flexibility index (Phi) is 4.39. The van der Waals surface area contributed by atoms with Crippen molar-refractivity contribution in [1.29, 1.82) is 0 Å². The van der Waals surface area contributed by atoms with Gasteiger partial charge in [0, 0.05) is 37.1 Å². The fourth-order valence-corrected chi connectivity index (χ4v) is 2.80. The fourth-order valence-electron chi connectivity index (χ4n) is 2.23. The highest BCUT2D eigenvalue weighted by Crippen LogP contribution is 2.21. The molecular formula is C13H18N4O2S. The van der Waals surface area contributed by atoms with Crippen LogP contribution >= 0.6 is 11.5 Å². The Morgan fingerprint density at radius 1 is 1.45 bits per heavy atom. The first-order chi connectivity index (χ1) is 9.85. The molecule has 0 aromatic carbocycles. The van der Waals surface area contributed by atoms with E-state index in [-0.39, 0.29) is 6.10 Å². The molecule has 7 heteroatoms. The summed E-state index contributed by atoms with van der Waals surface area (Å²) in [5.41, 5.74) is 0. The molecule has 0 amide bonds. The van der Waals surface area contributed by atoms with Gasteiger partial charge in [0.2, 0.25) is 11.8 Å². The average Bonchev–Trinajstić information content (AvgIpc) is 3.16. The number of hydrogen-bond donors (Lipinski definition) is 0. The maximum Gasteiger partial charge on any atom is 0.246 e. The van der Waals surface area contributed by atoms with Crippen LogP contribution in [0.3, 0.4) is 0 Å². The van der Waals surface area contributed by atoms with Gasteiger partial charge in [-0.05, 0) is 24.0 Å². The highest BCUT2D eigenvalue weighted by atomic mass is 32.1. The van der Waals surface area contributed by atoms with E-state index in [4.69, 9.17) is 9.15 Å². The van der Waals surface area contributed by atoms with Gasteiger partial charge in [-0.1, -0.05) is 6.92 Å². The third-order valence-corrected chi connectivity index (χ3v) is 4.18. The van der Waals surface area contributed by atoms with Gasteiger partial charge in [0.1, 0.15) is 6.10 Å². The van der Waals surface area contributed by atoms with Crippen LogP contribution in [0.4, 0.5) is 0 Å². The van der Waals surface area contributed by atoms with Gasteiger partial charge in [-0.15, -0.1) is 10.2 Å². The number of rotatable bonds is 5. The van der Waals surface area contributed by atoms with Crippen LogP contribution in [0.2, 0.25) is 0 Å². The van der Waals surface area contributed by atoms with Crippen LogP contribution in [0.1, 0.15) is 29.7 Å². The Balaban J connectivity index is 1.55. The zero-order valence-electron chi connectivity index (χ0n) is 11.5. The fraction of sp³-hybridized carbons (Fsp3) is 0.615. The Bertz CT molecular complexity index is 528. The molecule has 0 saturated carbocycles. The molecule has 0 spiro atoms. The molecule has 0 N–H and O–H groups in total. The standard InChI is InChI=1S/C13H18N4O2S/c1-2-12-15-16-13(19-12)11-9-17(7-8-18-11)6-4-10-3-5-14-20-10/h3,5,11H,2,4,6-9H2,1H3. The molecule has 3 heterocycles. The van der Waals surface area contributed by atoms with E-state index in [0.29, 0.717) is 18.4 Å². The summed E-state index contributed by atoms with van der Waals surface area (Å²) in [5, 5.41) is 8.08. The van der Waals surface area contributed by atoms with E-state index in [1.54, 1.807) is 11.5 Å². The number of ether oxygens (including phenoxy) is 1. The number of nitrogens with zero attached hydrogens (tertiary/aromatic N) is 4. The van der Waals surface area contributed by atoms with E-state index in [2.05, 4.69) is 25.5 Å². The molecule has 1 aliphatic rings. The zero-order valence-corrected chi connectivity index (χ0v) is 12.3. The van der Waals surface area contributed by atoms with Crippen LogP contribution in [-0.2, 0) is 17.6 Å². The lowest BCUT2D eigenvalue weighted by atomic mass is 10.2. The molecule has 3 rings (SSSR count). The molecule has 1 unspecified atom stereocenters. The second kappa shape index (κ2) is 6.43. The molecular weight excluding hydrogens is 276 g/mol. The van der Waals surface area contributed by atoms with E-state index < -0.39 is 0 Å². The van der Waals surface area contributed by atoms with Crippen LogP contribution in [0.25, 0.3) is 0 Å². The Hall–Kier alpha value is -1.31. The second-order valence-electron chi connectivity index (χ2n) is 4.78. The minimum absolute atomic E-state index is 0.0991. The molecule has 1 fully saturated rings. The van der Waals surface area contributed by atoms with Gasteiger partial charge in [-0.2, -0.15) is 0 Å². The van der Waals surface area contributed by atoms with Gasteiger partial charge in [-0.25, -0.2) is 4.37 Å². The van der Waals surface area contributed by atoms with Crippen molar-refractivity contribution >= 4 is 11.5 Å². The number of aryl methyl sites for hydroxylation is 1. The second-order valence-corrected chi connectivity index (χ2v) is 5.69. The smallest absolute Gasteiger partial charge is 0.246 e. The van der Waals surface area contributed by atoms with E-state index in [1.807, 2.05) is 13.1 Å². The molecule has 2 aromatic heterocycles. The first-order valence-corrected chi connectivity index (χ1v) is 7.68. The van der Waals surface area contributed by atoms with E-state index in [9.17, 15) is 0 Å². The monoisotopic (exact) mass is 294 g/mol. The molecule has 1 atom stereocenters. The van der Waals surface area contributed by atoms with Gasteiger partial charge >= 0.3 is 0 Å². The lowest BCUT2D eigenvalue weighted by molar-refractivity contribution is -0.0426. The van der Waals surface area contributed by atoms with Crippen LogP contribution in [-0.4, -0.2) is 45.7 Å². The highest BCUT2D eigenvalue weighted by molar-refractivity contribution is 7.05. The predicted octanol–water partition coefficient (Wildman–Crippen LogP) is 1.70. The largest absolute Gasteiger partial charge is 0.422 e. The van der Waals surface area contributed by atoms with Crippen LogP contribution < -0.4 is 0 Å². The lowest BCUT2D eigenvalue weighted by Gasteiger charge is -2.30. The van der Waals surface area contributed by atoms with E-state index >= 15 is 0 Å². The van der Waals surface area contributed by atoms with E-state index in [0.717, 1.165) is 32.5 Å². The van der Waals surface area contributed by atoms with Gasteiger partial charge in [0.15, 0.2) is 0 Å². The van der Waals surface area contributed by atoms with Crippen LogP contribution in [0.15, 0.2) is 16.7 Å². The zero-order chi connectivity index (χ0) is 13.8. The van der Waals surface area contributed by atoms with Crippen LogP contribution in [0, 0.1) is 0 Å². The summed E-state index contributed by atoms with van der Waals surface area (Å²) >= 11 is 1.57. The summed E-state index contributed by atoms with van der Waals surface area (Å²) < 4.78 is 15.5. The third kappa shape index (κ3) is 3.23. The summed E-state index contributed by atoms with van der Waals surface area (Å²) in [7, 11) is 0. The summed E-state index contributed by atoms with van der Waals surface area (Å²) in [6.45, 7) is 5.47. The quantitative estimate of drug-likeness (QED) is 0.836. The van der Waals surface area contributed by atoms with Crippen LogP contribution in [0.5, 0.6) is 0 Å². The van der Waals surface area contributed by atoms with E-state index in [1.165, 1.54) is 4.88 Å². The Morgan fingerprint density at radius 3 is 3.15 bits per heavy atom. The Labute approximate surface area is 121 Å². The number of hydrogen-bond acceptors (Lipinski definition) is 7. The van der Waals surface area contributed by atoms with Gasteiger partial charge in [0.25, 0.3) is 0 Å². The first kappa shape index (κ1) is 13.7. The van der Waals surface area contributed by atoms with Gasteiger partial charge in [0.05, 0.1) is 6.61 Å².